The Labute approximate surface area is 133 Å². The smallest absolute Gasteiger partial charge is 0.240 e. The van der Waals surface area contributed by atoms with E-state index in [2.05, 4.69) is 28.2 Å². The van der Waals surface area contributed by atoms with Crippen LogP contribution in [0.4, 0.5) is 0 Å². The monoisotopic (exact) mass is 320 g/mol. The third-order valence-corrected chi connectivity index (χ3v) is 5.50. The van der Waals surface area contributed by atoms with Crippen LogP contribution < -0.4 is 5.32 Å². The predicted molar refractivity (Wildman–Crippen MR) is 88.5 cm³/mol. The van der Waals surface area contributed by atoms with E-state index >= 15 is 0 Å². The van der Waals surface area contributed by atoms with Crippen LogP contribution >= 0.6 is 22.7 Å². The van der Waals surface area contributed by atoms with Crippen molar-refractivity contribution >= 4 is 28.6 Å². The fraction of sp³-hybridized carbons (Fsp3) is 0.438. The number of carbonyl (C=O) groups is 1. The van der Waals surface area contributed by atoms with E-state index in [9.17, 15) is 4.79 Å². The van der Waals surface area contributed by atoms with Gasteiger partial charge in [-0.2, -0.15) is 0 Å². The summed E-state index contributed by atoms with van der Waals surface area (Å²) in [4.78, 5) is 17.3. The maximum atomic E-state index is 12.8. The fourth-order valence-corrected chi connectivity index (χ4v) is 4.11. The van der Waals surface area contributed by atoms with E-state index in [1.807, 2.05) is 17.0 Å². The van der Waals surface area contributed by atoms with Crippen LogP contribution in [0.1, 0.15) is 29.0 Å². The first-order chi connectivity index (χ1) is 10.3. The van der Waals surface area contributed by atoms with Gasteiger partial charge in [-0.3, -0.25) is 4.79 Å². The van der Waals surface area contributed by atoms with Crippen LogP contribution in [0.5, 0.6) is 0 Å². The van der Waals surface area contributed by atoms with E-state index in [1.165, 1.54) is 16.2 Å². The maximum Gasteiger partial charge on any atom is 0.240 e. The van der Waals surface area contributed by atoms with Crippen molar-refractivity contribution in [3.8, 4) is 0 Å². The van der Waals surface area contributed by atoms with Crippen LogP contribution in [-0.4, -0.2) is 23.4 Å². The minimum absolute atomic E-state index is 0.00123. The molecule has 5 heteroatoms. The Bertz CT molecular complexity index is 509. The summed E-state index contributed by atoms with van der Waals surface area (Å²) in [6.45, 7) is 2.39. The minimum Gasteiger partial charge on any atom is -0.331 e. The van der Waals surface area contributed by atoms with Gasteiger partial charge in [0.25, 0.3) is 0 Å². The third-order valence-electron chi connectivity index (χ3n) is 3.77. The van der Waals surface area contributed by atoms with E-state index in [-0.39, 0.29) is 11.9 Å². The molecular weight excluding hydrogens is 300 g/mol. The molecule has 112 valence electrons. The summed E-state index contributed by atoms with van der Waals surface area (Å²) in [6.07, 6.45) is 3.29. The molecule has 1 unspecified atom stereocenters. The van der Waals surface area contributed by atoms with Crippen molar-refractivity contribution in [2.45, 2.75) is 38.4 Å². The van der Waals surface area contributed by atoms with Gasteiger partial charge < -0.3 is 10.2 Å². The summed E-state index contributed by atoms with van der Waals surface area (Å²) in [5.74, 6) is 0.247. The standard InChI is InChI=1S/C16H20N2OS2/c19-16(15-7-1-2-8-17-15)18(11-13-5-3-9-20-13)12-14-6-4-10-21-14/h3-6,9-10,15,17H,1-2,7-8,11-12H2. The van der Waals surface area contributed by atoms with E-state index in [4.69, 9.17) is 0 Å². The second-order valence-corrected chi connectivity index (χ2v) is 7.42. The summed E-state index contributed by atoms with van der Waals surface area (Å²) in [5.41, 5.74) is 0. The number of hydrogen-bond donors (Lipinski definition) is 1. The van der Waals surface area contributed by atoms with Gasteiger partial charge in [0.2, 0.25) is 5.91 Å². The van der Waals surface area contributed by atoms with E-state index in [0.29, 0.717) is 13.1 Å². The van der Waals surface area contributed by atoms with Gasteiger partial charge >= 0.3 is 0 Å². The Hall–Kier alpha value is -1.17. The lowest BCUT2D eigenvalue weighted by atomic mass is 10.0. The number of nitrogens with one attached hydrogen (secondary N) is 1. The van der Waals surface area contributed by atoms with E-state index in [1.54, 1.807) is 22.7 Å². The second-order valence-electron chi connectivity index (χ2n) is 5.36. The predicted octanol–water partition coefficient (Wildman–Crippen LogP) is 3.48. The van der Waals surface area contributed by atoms with Gasteiger partial charge in [0.15, 0.2) is 0 Å². The molecule has 1 amide bonds. The van der Waals surface area contributed by atoms with Crippen LogP contribution in [-0.2, 0) is 17.9 Å². The van der Waals surface area contributed by atoms with Crippen LogP contribution in [0.2, 0.25) is 0 Å². The molecule has 1 N–H and O–H groups in total. The first-order valence-electron chi connectivity index (χ1n) is 7.40. The molecule has 3 rings (SSSR count). The molecule has 1 aliphatic rings. The topological polar surface area (TPSA) is 32.3 Å². The number of thiophene rings is 2. The molecule has 1 aliphatic heterocycles. The Kier molecular flexibility index (Phi) is 5.06. The molecule has 0 spiro atoms. The average Bonchev–Trinajstić information content (AvgIpc) is 3.20. The van der Waals surface area contributed by atoms with Crippen molar-refractivity contribution in [2.24, 2.45) is 0 Å². The Balaban J connectivity index is 1.72. The fourth-order valence-electron chi connectivity index (χ4n) is 2.68. The van der Waals surface area contributed by atoms with Gasteiger partial charge in [0.1, 0.15) is 0 Å². The summed E-state index contributed by atoms with van der Waals surface area (Å²) in [5, 5.41) is 7.52. The van der Waals surface area contributed by atoms with Gasteiger partial charge in [0, 0.05) is 9.75 Å². The van der Waals surface area contributed by atoms with Crippen molar-refractivity contribution in [2.75, 3.05) is 6.54 Å². The molecule has 2 aromatic heterocycles. The molecule has 2 aromatic rings. The minimum atomic E-state index is -0.00123. The second kappa shape index (κ2) is 7.20. The Morgan fingerprint density at radius 3 is 2.29 bits per heavy atom. The van der Waals surface area contributed by atoms with Crippen LogP contribution in [0, 0.1) is 0 Å². The SMILES string of the molecule is O=C(C1CCCCN1)N(Cc1cccs1)Cc1cccs1. The van der Waals surface area contributed by atoms with E-state index in [0.717, 1.165) is 19.4 Å². The highest BCUT2D eigenvalue weighted by Gasteiger charge is 2.26. The quantitative estimate of drug-likeness (QED) is 0.915. The summed E-state index contributed by atoms with van der Waals surface area (Å²) in [7, 11) is 0. The first-order valence-corrected chi connectivity index (χ1v) is 9.16. The van der Waals surface area contributed by atoms with Gasteiger partial charge in [-0.15, -0.1) is 22.7 Å². The van der Waals surface area contributed by atoms with Crippen molar-refractivity contribution in [1.82, 2.24) is 10.2 Å². The number of hydrogen-bond acceptors (Lipinski definition) is 4. The van der Waals surface area contributed by atoms with Crippen molar-refractivity contribution in [1.29, 1.82) is 0 Å². The number of piperidine rings is 1. The molecule has 0 bridgehead atoms. The highest BCUT2D eigenvalue weighted by Crippen LogP contribution is 2.19. The summed E-state index contributed by atoms with van der Waals surface area (Å²) in [6, 6.07) is 8.30. The number of carbonyl (C=O) groups excluding carboxylic acids is 1. The lowest BCUT2D eigenvalue weighted by Crippen LogP contribution is -2.47. The largest absolute Gasteiger partial charge is 0.331 e. The molecular formula is C16H20N2OS2. The van der Waals surface area contributed by atoms with Gasteiger partial charge in [0.05, 0.1) is 19.1 Å². The lowest BCUT2D eigenvalue weighted by Gasteiger charge is -2.29. The zero-order chi connectivity index (χ0) is 14.5. The van der Waals surface area contributed by atoms with Crippen LogP contribution in [0.3, 0.4) is 0 Å². The van der Waals surface area contributed by atoms with Crippen LogP contribution in [0.15, 0.2) is 35.0 Å². The van der Waals surface area contributed by atoms with Crippen LogP contribution in [0.25, 0.3) is 0 Å². The number of amides is 1. The highest BCUT2D eigenvalue weighted by molar-refractivity contribution is 7.10. The molecule has 3 heterocycles. The Morgan fingerprint density at radius 1 is 1.14 bits per heavy atom. The summed E-state index contributed by atoms with van der Waals surface area (Å²) >= 11 is 3.43. The molecule has 0 aromatic carbocycles. The molecule has 21 heavy (non-hydrogen) atoms. The molecule has 1 saturated heterocycles. The van der Waals surface area contributed by atoms with Crippen molar-refractivity contribution in [3.63, 3.8) is 0 Å². The zero-order valence-electron chi connectivity index (χ0n) is 12.0. The molecule has 0 saturated carbocycles. The molecule has 1 atom stereocenters. The van der Waals surface area contributed by atoms with Gasteiger partial charge in [-0.05, 0) is 42.3 Å². The maximum absolute atomic E-state index is 12.8. The number of rotatable bonds is 5. The Morgan fingerprint density at radius 2 is 1.81 bits per heavy atom. The normalized spacial score (nSPS) is 18.6. The third kappa shape index (κ3) is 3.93. The molecule has 0 radical (unpaired) electrons. The zero-order valence-corrected chi connectivity index (χ0v) is 13.6. The van der Waals surface area contributed by atoms with Crippen molar-refractivity contribution in [3.05, 3.63) is 44.8 Å². The van der Waals surface area contributed by atoms with E-state index < -0.39 is 0 Å². The first kappa shape index (κ1) is 14.8. The molecule has 3 nitrogen and oxygen atoms in total. The van der Waals surface area contributed by atoms with Gasteiger partial charge in [-0.25, -0.2) is 0 Å². The molecule has 0 aliphatic carbocycles. The van der Waals surface area contributed by atoms with Gasteiger partial charge in [-0.1, -0.05) is 18.6 Å². The van der Waals surface area contributed by atoms with Crippen molar-refractivity contribution < 1.29 is 4.79 Å². The lowest BCUT2D eigenvalue weighted by molar-refractivity contribution is -0.135. The summed E-state index contributed by atoms with van der Waals surface area (Å²) < 4.78 is 0. The molecule has 1 fully saturated rings. The average molecular weight is 320 g/mol. The highest BCUT2D eigenvalue weighted by atomic mass is 32.1. The number of nitrogens with zero attached hydrogens (tertiary/aromatic N) is 1.